The second-order valence-corrected chi connectivity index (χ2v) is 13.7. The van der Waals surface area contributed by atoms with Gasteiger partial charge in [-0.05, 0) is 66.9 Å². The van der Waals surface area contributed by atoms with E-state index in [4.69, 9.17) is 14.2 Å². The number of phenols is 1. The molecular formula is C40H42N6O6. The lowest BCUT2D eigenvalue weighted by molar-refractivity contribution is 0.0382. The number of aryl methyl sites for hydroxylation is 1. The van der Waals surface area contributed by atoms with Gasteiger partial charge in [0.05, 0.1) is 36.2 Å². The Bertz CT molecular complexity index is 2130. The van der Waals surface area contributed by atoms with Crippen LogP contribution in [-0.4, -0.2) is 86.8 Å². The van der Waals surface area contributed by atoms with Gasteiger partial charge in [0.1, 0.15) is 5.75 Å². The summed E-state index contributed by atoms with van der Waals surface area (Å²) in [5.74, 6) is 0.800. The van der Waals surface area contributed by atoms with E-state index in [0.29, 0.717) is 71.4 Å². The van der Waals surface area contributed by atoms with E-state index in [1.165, 1.54) is 5.56 Å². The van der Waals surface area contributed by atoms with E-state index in [1.807, 2.05) is 40.8 Å². The van der Waals surface area contributed by atoms with Crippen molar-refractivity contribution in [3.8, 4) is 28.5 Å². The fourth-order valence-electron chi connectivity index (χ4n) is 7.54. The van der Waals surface area contributed by atoms with Crippen molar-refractivity contribution in [2.75, 3.05) is 44.5 Å². The average Bonchev–Trinajstić information content (AvgIpc) is 3.89. The van der Waals surface area contributed by atoms with Crippen LogP contribution in [0.4, 0.5) is 11.4 Å². The number of hydrogen-bond acceptors (Lipinski definition) is 8. The number of amides is 2. The van der Waals surface area contributed by atoms with Gasteiger partial charge < -0.3 is 28.8 Å². The first-order valence-corrected chi connectivity index (χ1v) is 17.7. The molecule has 1 fully saturated rings. The van der Waals surface area contributed by atoms with Gasteiger partial charge in [0.15, 0.2) is 11.5 Å². The normalized spacial score (nSPS) is 16.9. The molecule has 52 heavy (non-hydrogen) atoms. The van der Waals surface area contributed by atoms with Gasteiger partial charge in [-0.3, -0.25) is 24.1 Å². The van der Waals surface area contributed by atoms with E-state index in [2.05, 4.69) is 29.1 Å². The Hall–Kier alpha value is -5.59. The Morgan fingerprint density at radius 2 is 1.65 bits per heavy atom. The van der Waals surface area contributed by atoms with Crippen LogP contribution >= 0.6 is 0 Å². The minimum absolute atomic E-state index is 0.0198. The number of carbonyl (C=O) groups is 2. The van der Waals surface area contributed by atoms with Crippen LogP contribution in [0.15, 0.2) is 79.1 Å². The Labute approximate surface area is 302 Å². The average molecular weight is 703 g/mol. The molecule has 12 heteroatoms. The van der Waals surface area contributed by atoms with Crippen molar-refractivity contribution in [3.63, 3.8) is 0 Å². The van der Waals surface area contributed by atoms with Gasteiger partial charge in [-0.1, -0.05) is 24.3 Å². The number of anilines is 2. The molecule has 3 aromatic carbocycles. The fraction of sp³-hybridized carbons (Fsp3) is 0.325. The van der Waals surface area contributed by atoms with Crippen molar-refractivity contribution < 1.29 is 28.9 Å². The number of benzene rings is 3. The van der Waals surface area contributed by atoms with Crippen molar-refractivity contribution in [2.24, 2.45) is 14.1 Å². The number of aromatic hydroxyl groups is 1. The minimum atomic E-state index is -0.257. The van der Waals surface area contributed by atoms with E-state index in [1.54, 1.807) is 59.4 Å². The number of nitrogens with zero attached hydrogens (tertiary/aromatic N) is 6. The van der Waals surface area contributed by atoms with Gasteiger partial charge >= 0.3 is 0 Å². The molecule has 2 amide bonds. The Morgan fingerprint density at radius 3 is 2.38 bits per heavy atom. The molecule has 3 aliphatic rings. The lowest BCUT2D eigenvalue weighted by Crippen LogP contribution is -2.42. The summed E-state index contributed by atoms with van der Waals surface area (Å²) in [6.07, 6.45) is 4.78. The van der Waals surface area contributed by atoms with Gasteiger partial charge in [0, 0.05) is 81.6 Å². The number of fused-ring (bicyclic) bond motifs is 2. The highest BCUT2D eigenvalue weighted by molar-refractivity contribution is 6.12. The summed E-state index contributed by atoms with van der Waals surface area (Å²) in [4.78, 5) is 35.5. The van der Waals surface area contributed by atoms with Crippen LogP contribution in [0.3, 0.4) is 0 Å². The molecule has 8 rings (SSSR count). The zero-order valence-corrected chi connectivity index (χ0v) is 29.6. The Morgan fingerprint density at radius 1 is 0.923 bits per heavy atom. The number of carbonyl (C=O) groups excluding carboxylic acids is 2. The van der Waals surface area contributed by atoms with Crippen LogP contribution in [-0.2, 0) is 38.2 Å². The standard InChI is InChI=1S/C40H42N6O6/c1-26-18-27-6-4-5-7-28(27)23-45(26)39(48)33-21-38-37(51-25-52-38)20-32(33)36-19-34(35(43(36)3)12-13-44-14-16-50-17-15-44)40(49)46(30-22-41-42(2)24-30)29-8-10-31(47)11-9-29/h4-11,19-22,24,26,47H,12-18,23,25H2,1-3H3/t26-/m1/s1. The molecule has 0 aliphatic carbocycles. The summed E-state index contributed by atoms with van der Waals surface area (Å²) in [7, 11) is 3.76. The SMILES string of the molecule is C[C@@H]1Cc2ccccc2CN1C(=O)c1cc2c(cc1-c1cc(C(=O)N(c3ccc(O)cc3)c3cnn(C)c3)c(CCN3CCOCC3)n1C)OCO2. The molecule has 2 aromatic heterocycles. The zero-order chi connectivity index (χ0) is 35.9. The van der Waals surface area contributed by atoms with E-state index < -0.39 is 0 Å². The van der Waals surface area contributed by atoms with Crippen LogP contribution in [0.2, 0.25) is 0 Å². The van der Waals surface area contributed by atoms with Gasteiger partial charge in [-0.15, -0.1) is 0 Å². The second-order valence-electron chi connectivity index (χ2n) is 13.7. The van der Waals surface area contributed by atoms with Crippen molar-refractivity contribution in [2.45, 2.75) is 32.4 Å². The van der Waals surface area contributed by atoms with Crippen molar-refractivity contribution in [1.29, 1.82) is 0 Å². The molecule has 0 unspecified atom stereocenters. The van der Waals surface area contributed by atoms with Crippen molar-refractivity contribution in [1.82, 2.24) is 24.1 Å². The predicted octanol–water partition coefficient (Wildman–Crippen LogP) is 5.30. The zero-order valence-electron chi connectivity index (χ0n) is 29.6. The first-order chi connectivity index (χ1) is 25.2. The molecule has 0 spiro atoms. The third kappa shape index (κ3) is 6.28. The van der Waals surface area contributed by atoms with Crippen LogP contribution in [0, 0.1) is 0 Å². The number of phenolic OH excluding ortho intramolecular Hbond substituents is 1. The van der Waals surface area contributed by atoms with Gasteiger partial charge in [-0.25, -0.2) is 0 Å². The lowest BCUT2D eigenvalue weighted by Gasteiger charge is -2.35. The highest BCUT2D eigenvalue weighted by Crippen LogP contribution is 2.42. The molecular weight excluding hydrogens is 660 g/mol. The summed E-state index contributed by atoms with van der Waals surface area (Å²) < 4.78 is 20.9. The van der Waals surface area contributed by atoms with Crippen molar-refractivity contribution in [3.05, 3.63) is 107 Å². The van der Waals surface area contributed by atoms with E-state index >= 15 is 0 Å². The summed E-state index contributed by atoms with van der Waals surface area (Å²) in [5.41, 5.74) is 6.74. The second kappa shape index (κ2) is 13.9. The molecule has 1 atom stereocenters. The molecule has 0 bridgehead atoms. The van der Waals surface area contributed by atoms with Crippen molar-refractivity contribution >= 4 is 23.2 Å². The minimum Gasteiger partial charge on any atom is -0.508 e. The molecule has 12 nitrogen and oxygen atoms in total. The molecule has 5 aromatic rings. The highest BCUT2D eigenvalue weighted by Gasteiger charge is 2.33. The molecule has 3 aliphatic heterocycles. The molecule has 0 saturated carbocycles. The van der Waals surface area contributed by atoms with Crippen LogP contribution in [0.5, 0.6) is 17.2 Å². The number of aromatic nitrogens is 3. The van der Waals surface area contributed by atoms with E-state index in [-0.39, 0.29) is 30.4 Å². The third-order valence-electron chi connectivity index (χ3n) is 10.4. The maximum atomic E-state index is 15.0. The van der Waals surface area contributed by atoms with Crippen LogP contribution in [0.25, 0.3) is 11.3 Å². The quantitative estimate of drug-likeness (QED) is 0.232. The maximum Gasteiger partial charge on any atom is 0.264 e. The largest absolute Gasteiger partial charge is 0.508 e. The van der Waals surface area contributed by atoms with Gasteiger partial charge in [0.25, 0.3) is 11.8 Å². The van der Waals surface area contributed by atoms with E-state index in [9.17, 15) is 14.7 Å². The Kier molecular flexibility index (Phi) is 8.94. The Balaban J connectivity index is 1.25. The summed E-state index contributed by atoms with van der Waals surface area (Å²) in [5, 5.41) is 14.4. The van der Waals surface area contributed by atoms with Crippen LogP contribution in [0.1, 0.15) is 44.5 Å². The summed E-state index contributed by atoms with van der Waals surface area (Å²) in [6.45, 7) is 6.34. The summed E-state index contributed by atoms with van der Waals surface area (Å²) >= 11 is 0. The smallest absolute Gasteiger partial charge is 0.264 e. The van der Waals surface area contributed by atoms with Gasteiger partial charge in [-0.2, -0.15) is 5.10 Å². The monoisotopic (exact) mass is 702 g/mol. The molecule has 0 radical (unpaired) electrons. The molecule has 5 heterocycles. The third-order valence-corrected chi connectivity index (χ3v) is 10.4. The number of morpholine rings is 1. The van der Waals surface area contributed by atoms with Gasteiger partial charge in [0.2, 0.25) is 6.79 Å². The molecule has 1 saturated heterocycles. The topological polar surface area (TPSA) is 115 Å². The number of rotatable bonds is 8. The highest BCUT2D eigenvalue weighted by atomic mass is 16.7. The lowest BCUT2D eigenvalue weighted by atomic mass is 9.93. The first-order valence-electron chi connectivity index (χ1n) is 17.7. The number of ether oxygens (including phenoxy) is 3. The van der Waals surface area contributed by atoms with E-state index in [0.717, 1.165) is 37.3 Å². The first kappa shape index (κ1) is 33.5. The summed E-state index contributed by atoms with van der Waals surface area (Å²) in [6, 6.07) is 20.3. The van der Waals surface area contributed by atoms with Crippen LogP contribution < -0.4 is 14.4 Å². The maximum absolute atomic E-state index is 15.0. The fourth-order valence-corrected chi connectivity index (χ4v) is 7.54. The number of hydrogen-bond donors (Lipinski definition) is 1. The molecule has 268 valence electrons. The molecule has 1 N–H and O–H groups in total. The predicted molar refractivity (Wildman–Crippen MR) is 195 cm³/mol.